The molecule has 0 aliphatic carbocycles. The average molecular weight is 480 g/mol. The number of anilines is 1. The lowest BCUT2D eigenvalue weighted by atomic mass is 10.0. The molecule has 2 aromatic rings. The van der Waals surface area contributed by atoms with E-state index < -0.39 is 18.0 Å². The summed E-state index contributed by atoms with van der Waals surface area (Å²) in [5.41, 5.74) is 2.38. The van der Waals surface area contributed by atoms with Crippen LogP contribution in [0.2, 0.25) is 0 Å². The van der Waals surface area contributed by atoms with Gasteiger partial charge in [-0.15, -0.1) is 0 Å². The van der Waals surface area contributed by atoms with Gasteiger partial charge in [0, 0.05) is 32.1 Å². The number of piperazine rings is 1. The second kappa shape index (κ2) is 10.5. The molecule has 0 saturated carbocycles. The Bertz CT molecular complexity index is 1160. The molecule has 4 rings (SSSR count). The minimum absolute atomic E-state index is 0.0167. The van der Waals surface area contributed by atoms with E-state index in [0.717, 1.165) is 5.56 Å². The molecule has 182 valence electrons. The summed E-state index contributed by atoms with van der Waals surface area (Å²) in [7, 11) is 0. The molecule has 3 amide bonds. The number of amides is 3. The van der Waals surface area contributed by atoms with Crippen LogP contribution >= 0.6 is 0 Å². The van der Waals surface area contributed by atoms with E-state index >= 15 is 0 Å². The van der Waals surface area contributed by atoms with Crippen LogP contribution in [-0.4, -0.2) is 73.1 Å². The lowest BCUT2D eigenvalue weighted by Gasteiger charge is -2.33. The number of ether oxygens (including phenoxy) is 1. The Balaban J connectivity index is 1.39. The molecule has 2 fully saturated rings. The van der Waals surface area contributed by atoms with Crippen molar-refractivity contribution in [3.8, 4) is 17.2 Å². The minimum Gasteiger partial charge on any atom is -0.442 e. The van der Waals surface area contributed by atoms with Crippen LogP contribution in [0.3, 0.4) is 0 Å². The van der Waals surface area contributed by atoms with Crippen LogP contribution in [0.25, 0.3) is 11.1 Å². The smallest absolute Gasteiger partial charge is 0.414 e. The maximum atomic E-state index is 15.0. The molecule has 0 radical (unpaired) electrons. The Morgan fingerprint density at radius 2 is 1.97 bits per heavy atom. The number of nitrogens with one attached hydrogen (secondary N) is 1. The zero-order chi connectivity index (χ0) is 24.9. The number of carbonyl (C=O) groups excluding carboxylic acids is 3. The van der Waals surface area contributed by atoms with Gasteiger partial charge in [-0.3, -0.25) is 19.4 Å². The third-order valence-electron chi connectivity index (χ3n) is 6.05. The first-order chi connectivity index (χ1) is 16.8. The predicted molar refractivity (Wildman–Crippen MR) is 126 cm³/mol. The second-order valence-corrected chi connectivity index (χ2v) is 8.60. The van der Waals surface area contributed by atoms with Gasteiger partial charge >= 0.3 is 6.09 Å². The zero-order valence-corrected chi connectivity index (χ0v) is 19.4. The highest BCUT2D eigenvalue weighted by atomic mass is 19.1. The number of nitrogens with zero attached hydrogens (tertiary/aromatic N) is 4. The Morgan fingerprint density at radius 3 is 2.63 bits per heavy atom. The molecule has 10 heteroatoms. The number of hydrogen-bond acceptors (Lipinski definition) is 6. The van der Waals surface area contributed by atoms with Gasteiger partial charge in [-0.1, -0.05) is 24.3 Å². The summed E-state index contributed by atoms with van der Waals surface area (Å²) in [5, 5.41) is 11.4. The lowest BCUT2D eigenvalue weighted by molar-refractivity contribution is -0.136. The maximum absolute atomic E-state index is 15.0. The van der Waals surface area contributed by atoms with Gasteiger partial charge in [0.2, 0.25) is 11.8 Å². The summed E-state index contributed by atoms with van der Waals surface area (Å²) in [6.07, 6.45) is -1.08. The van der Waals surface area contributed by atoms with Crippen molar-refractivity contribution in [3.05, 3.63) is 53.8 Å². The summed E-state index contributed by atoms with van der Waals surface area (Å²) in [6, 6.07) is 14.0. The number of halogens is 1. The Hall–Kier alpha value is -3.97. The number of rotatable bonds is 7. The molecule has 1 N–H and O–H groups in total. The van der Waals surface area contributed by atoms with E-state index in [9.17, 15) is 18.8 Å². The summed E-state index contributed by atoms with van der Waals surface area (Å²) < 4.78 is 20.2. The molecule has 2 heterocycles. The first kappa shape index (κ1) is 24.2. The van der Waals surface area contributed by atoms with Crippen molar-refractivity contribution < 1.29 is 23.5 Å². The van der Waals surface area contributed by atoms with Gasteiger partial charge in [0.15, 0.2) is 0 Å². The molecule has 2 aromatic carbocycles. The van der Waals surface area contributed by atoms with Crippen LogP contribution in [0.15, 0.2) is 42.5 Å². The van der Waals surface area contributed by atoms with E-state index in [0.29, 0.717) is 36.4 Å². The van der Waals surface area contributed by atoms with E-state index in [2.05, 4.69) is 11.4 Å². The van der Waals surface area contributed by atoms with Crippen molar-refractivity contribution in [1.82, 2.24) is 15.1 Å². The van der Waals surface area contributed by atoms with Gasteiger partial charge in [-0.25, -0.2) is 9.18 Å². The Morgan fingerprint density at radius 1 is 1.20 bits per heavy atom. The quantitative estimate of drug-likeness (QED) is 0.610. The minimum atomic E-state index is -0.583. The van der Waals surface area contributed by atoms with Crippen LogP contribution in [0.5, 0.6) is 0 Å². The molecule has 0 bridgehead atoms. The van der Waals surface area contributed by atoms with Crippen molar-refractivity contribution >= 4 is 23.6 Å². The number of nitriles is 1. The van der Waals surface area contributed by atoms with E-state index in [4.69, 9.17) is 10.00 Å². The standard InChI is InChI=1S/C25H26FN5O4/c1-17(32)28-13-21-15-31(25(34)35-21)20-6-7-22(23(26)12-20)19-4-2-18(3-5-19)14-30-11-10-29(9-8-27)16-24(30)33/h2-7,12,21H,9-11,13-16H2,1H3,(H,28,32)/t21-/m0/s1. The molecule has 0 aromatic heterocycles. The predicted octanol–water partition coefficient (Wildman–Crippen LogP) is 2.12. The van der Waals surface area contributed by atoms with Crippen molar-refractivity contribution in [3.63, 3.8) is 0 Å². The fraction of sp³-hybridized carbons (Fsp3) is 0.360. The van der Waals surface area contributed by atoms with Crippen molar-refractivity contribution in [1.29, 1.82) is 5.26 Å². The number of carbonyl (C=O) groups is 3. The number of benzene rings is 2. The summed E-state index contributed by atoms with van der Waals surface area (Å²) >= 11 is 0. The molecule has 2 saturated heterocycles. The first-order valence-corrected chi connectivity index (χ1v) is 11.3. The van der Waals surface area contributed by atoms with Gasteiger partial charge in [0.1, 0.15) is 11.9 Å². The summed E-state index contributed by atoms with van der Waals surface area (Å²) in [6.45, 7) is 3.96. The van der Waals surface area contributed by atoms with Crippen LogP contribution in [0.1, 0.15) is 12.5 Å². The van der Waals surface area contributed by atoms with E-state index in [1.165, 1.54) is 17.9 Å². The highest BCUT2D eigenvalue weighted by Gasteiger charge is 2.32. The highest BCUT2D eigenvalue weighted by molar-refractivity contribution is 5.90. The average Bonchev–Trinajstić information content (AvgIpc) is 3.21. The van der Waals surface area contributed by atoms with Crippen molar-refractivity contribution in [2.75, 3.05) is 44.2 Å². The molecule has 35 heavy (non-hydrogen) atoms. The van der Waals surface area contributed by atoms with Crippen molar-refractivity contribution in [2.24, 2.45) is 0 Å². The van der Waals surface area contributed by atoms with Crippen LogP contribution < -0.4 is 10.2 Å². The molecular weight excluding hydrogens is 453 g/mol. The molecule has 0 unspecified atom stereocenters. The first-order valence-electron chi connectivity index (χ1n) is 11.3. The zero-order valence-electron chi connectivity index (χ0n) is 19.4. The van der Waals surface area contributed by atoms with E-state index in [-0.39, 0.29) is 38.0 Å². The lowest BCUT2D eigenvalue weighted by Crippen LogP contribution is -2.49. The molecule has 0 spiro atoms. The largest absolute Gasteiger partial charge is 0.442 e. The van der Waals surface area contributed by atoms with Crippen molar-refractivity contribution in [2.45, 2.75) is 19.6 Å². The monoisotopic (exact) mass is 479 g/mol. The topological polar surface area (TPSA) is 106 Å². The summed E-state index contributed by atoms with van der Waals surface area (Å²) in [4.78, 5) is 40.5. The number of cyclic esters (lactones) is 1. The fourth-order valence-corrected chi connectivity index (χ4v) is 4.17. The SMILES string of the molecule is CC(=O)NC[C@H]1CN(c2ccc(-c3ccc(CN4CCN(CC#N)CC4=O)cc3)c(F)c2)C(=O)O1. The number of hydrogen-bond donors (Lipinski definition) is 1. The third-order valence-corrected chi connectivity index (χ3v) is 6.05. The fourth-order valence-electron chi connectivity index (χ4n) is 4.17. The molecule has 9 nitrogen and oxygen atoms in total. The second-order valence-electron chi connectivity index (χ2n) is 8.60. The van der Waals surface area contributed by atoms with Crippen LogP contribution in [0.4, 0.5) is 14.9 Å². The highest BCUT2D eigenvalue weighted by Crippen LogP contribution is 2.29. The van der Waals surface area contributed by atoms with Gasteiger partial charge in [-0.05, 0) is 29.3 Å². The molecule has 1 atom stereocenters. The molecule has 2 aliphatic rings. The van der Waals surface area contributed by atoms with E-state index in [1.807, 2.05) is 17.0 Å². The Kier molecular flexibility index (Phi) is 7.27. The van der Waals surface area contributed by atoms with Crippen LogP contribution in [0, 0.1) is 17.1 Å². The summed E-state index contributed by atoms with van der Waals surface area (Å²) in [5.74, 6) is -0.709. The van der Waals surface area contributed by atoms with Crippen LogP contribution in [-0.2, 0) is 20.9 Å². The van der Waals surface area contributed by atoms with Gasteiger partial charge in [0.05, 0.1) is 37.9 Å². The molecule has 2 aliphatic heterocycles. The third kappa shape index (κ3) is 5.75. The molecular formula is C25H26FN5O4. The van der Waals surface area contributed by atoms with Gasteiger partial charge in [0.25, 0.3) is 0 Å². The normalized spacial score (nSPS) is 18.4. The Labute approximate surface area is 202 Å². The van der Waals surface area contributed by atoms with E-state index in [1.54, 1.807) is 29.2 Å². The van der Waals surface area contributed by atoms with Gasteiger partial charge in [-0.2, -0.15) is 5.26 Å². The van der Waals surface area contributed by atoms with Gasteiger partial charge < -0.3 is 15.0 Å². The maximum Gasteiger partial charge on any atom is 0.414 e.